The molecule has 6 N–H and O–H groups in total. The largest absolute Gasteiger partial charge is 0.394 e. The van der Waals surface area contributed by atoms with Crippen molar-refractivity contribution in [1.82, 2.24) is 0 Å². The molecule has 0 aromatic heterocycles. The Kier molecular flexibility index (Phi) is 37.3. The summed E-state index contributed by atoms with van der Waals surface area (Å²) in [6.07, 6.45) is -1.68. The van der Waals surface area contributed by atoms with Crippen molar-refractivity contribution in [1.29, 1.82) is 0 Å². The Morgan fingerprint density at radius 2 is 0.722 bits per heavy atom. The third-order valence-corrected chi connectivity index (χ3v) is 0.793. The first-order valence-electron chi connectivity index (χ1n) is 5.50. The molecule has 116 valence electrons. The highest BCUT2D eigenvalue weighted by molar-refractivity contribution is 4.34. The van der Waals surface area contributed by atoms with E-state index in [1.54, 1.807) is 14.2 Å². The van der Waals surface area contributed by atoms with E-state index in [1.165, 1.54) is 20.8 Å². The van der Waals surface area contributed by atoms with Crippen LogP contribution >= 0.6 is 0 Å². The van der Waals surface area contributed by atoms with E-state index in [-0.39, 0.29) is 19.8 Å². The molecular formula is C11H30O7. The lowest BCUT2D eigenvalue weighted by Gasteiger charge is -1.90. The van der Waals surface area contributed by atoms with Gasteiger partial charge in [-0.2, -0.15) is 0 Å². The molecule has 0 rings (SSSR count). The molecular weight excluding hydrogens is 244 g/mol. The standard InChI is InChI=1S/3C3H8O2.C2H6O/c3*1-3(5)2-4;1-3-2/h3*3-5H,2H2,1H3;1-2H3. The molecule has 0 heterocycles. The predicted octanol–water partition coefficient (Wildman–Crippen LogP) is -1.66. The molecule has 0 aliphatic carbocycles. The zero-order valence-corrected chi connectivity index (χ0v) is 11.9. The topological polar surface area (TPSA) is 131 Å². The van der Waals surface area contributed by atoms with Gasteiger partial charge in [-0.05, 0) is 20.8 Å². The highest BCUT2D eigenvalue weighted by atomic mass is 16.4. The minimum absolute atomic E-state index is 0.139. The molecule has 7 nitrogen and oxygen atoms in total. The molecule has 0 radical (unpaired) electrons. The molecule has 0 saturated carbocycles. The van der Waals surface area contributed by atoms with E-state index in [9.17, 15) is 0 Å². The van der Waals surface area contributed by atoms with Crippen LogP contribution in [0.25, 0.3) is 0 Å². The lowest BCUT2D eigenvalue weighted by molar-refractivity contribution is 0.110. The lowest BCUT2D eigenvalue weighted by atomic mass is 10.5. The maximum atomic E-state index is 8.11. The summed E-state index contributed by atoms with van der Waals surface area (Å²) in [6, 6.07) is 0. The van der Waals surface area contributed by atoms with Gasteiger partial charge in [-0.1, -0.05) is 0 Å². The summed E-state index contributed by atoms with van der Waals surface area (Å²) in [6.45, 7) is 4.17. The molecule has 18 heavy (non-hydrogen) atoms. The smallest absolute Gasteiger partial charge is 0.0742 e. The van der Waals surface area contributed by atoms with E-state index in [1.807, 2.05) is 0 Å². The van der Waals surface area contributed by atoms with Crippen molar-refractivity contribution in [2.24, 2.45) is 0 Å². The van der Waals surface area contributed by atoms with Crippen LogP contribution in [0.4, 0.5) is 0 Å². The molecule has 0 spiro atoms. The minimum atomic E-state index is -0.560. The van der Waals surface area contributed by atoms with Gasteiger partial charge >= 0.3 is 0 Å². The van der Waals surface area contributed by atoms with Crippen molar-refractivity contribution < 1.29 is 35.4 Å². The maximum absolute atomic E-state index is 8.11. The van der Waals surface area contributed by atoms with Crippen LogP contribution in [0, 0.1) is 0 Å². The first kappa shape index (κ1) is 26.3. The lowest BCUT2D eigenvalue weighted by Crippen LogP contribution is -2.03. The van der Waals surface area contributed by atoms with Crippen molar-refractivity contribution in [2.75, 3.05) is 34.0 Å². The van der Waals surface area contributed by atoms with Gasteiger partial charge in [0.25, 0.3) is 0 Å². The summed E-state index contributed by atoms with van der Waals surface area (Å²) in [5, 5.41) is 48.0. The Morgan fingerprint density at radius 3 is 0.722 bits per heavy atom. The molecule has 0 amide bonds. The number of aliphatic hydroxyl groups excluding tert-OH is 6. The highest BCUT2D eigenvalue weighted by Gasteiger charge is 1.84. The van der Waals surface area contributed by atoms with E-state index in [0.717, 1.165) is 0 Å². The van der Waals surface area contributed by atoms with Gasteiger partial charge < -0.3 is 35.4 Å². The minimum Gasteiger partial charge on any atom is -0.394 e. The van der Waals surface area contributed by atoms with E-state index >= 15 is 0 Å². The molecule has 0 fully saturated rings. The Labute approximate surface area is 109 Å². The van der Waals surface area contributed by atoms with Crippen LogP contribution in [-0.4, -0.2) is 83.0 Å². The van der Waals surface area contributed by atoms with Gasteiger partial charge in [0, 0.05) is 14.2 Å². The Bertz CT molecular complexity index is 88.5. The van der Waals surface area contributed by atoms with Crippen molar-refractivity contribution in [3.8, 4) is 0 Å². The van der Waals surface area contributed by atoms with E-state index in [4.69, 9.17) is 30.6 Å². The third kappa shape index (κ3) is 104. The second kappa shape index (κ2) is 25.5. The van der Waals surface area contributed by atoms with E-state index in [2.05, 4.69) is 4.74 Å². The zero-order valence-electron chi connectivity index (χ0n) is 11.9. The normalized spacial score (nSPS) is 13.5. The van der Waals surface area contributed by atoms with Crippen molar-refractivity contribution in [3.63, 3.8) is 0 Å². The fraction of sp³-hybridized carbons (Fsp3) is 1.00. The van der Waals surface area contributed by atoms with Gasteiger partial charge in [0.05, 0.1) is 38.1 Å². The average Bonchev–Trinajstić information content (AvgIpc) is 2.31. The first-order valence-corrected chi connectivity index (χ1v) is 5.50. The van der Waals surface area contributed by atoms with Crippen LogP contribution in [0.3, 0.4) is 0 Å². The molecule has 3 unspecified atom stereocenters. The molecule has 3 atom stereocenters. The SMILES string of the molecule is CC(O)CO.CC(O)CO.CC(O)CO.COC. The van der Waals surface area contributed by atoms with Gasteiger partial charge in [-0.3, -0.25) is 0 Å². The fourth-order valence-corrected chi connectivity index (χ4v) is 0. The van der Waals surface area contributed by atoms with Gasteiger partial charge in [0.2, 0.25) is 0 Å². The summed E-state index contributed by atoms with van der Waals surface area (Å²) < 4.78 is 4.25. The quantitative estimate of drug-likeness (QED) is 0.363. The third-order valence-electron chi connectivity index (χ3n) is 0.793. The number of aliphatic hydroxyl groups is 6. The molecule has 0 aliphatic rings. The predicted molar refractivity (Wildman–Crippen MR) is 69.2 cm³/mol. The van der Waals surface area contributed by atoms with Gasteiger partial charge in [-0.25, -0.2) is 0 Å². The molecule has 0 bridgehead atoms. The van der Waals surface area contributed by atoms with Crippen LogP contribution in [0.2, 0.25) is 0 Å². The van der Waals surface area contributed by atoms with E-state index in [0.29, 0.717) is 0 Å². The van der Waals surface area contributed by atoms with Crippen LogP contribution in [0.5, 0.6) is 0 Å². The molecule has 0 aromatic rings. The van der Waals surface area contributed by atoms with Crippen LogP contribution in [0.1, 0.15) is 20.8 Å². The molecule has 0 saturated heterocycles. The van der Waals surface area contributed by atoms with Crippen molar-refractivity contribution in [2.45, 2.75) is 39.1 Å². The number of methoxy groups -OCH3 is 1. The average molecular weight is 274 g/mol. The van der Waals surface area contributed by atoms with Crippen molar-refractivity contribution >= 4 is 0 Å². The van der Waals surface area contributed by atoms with Gasteiger partial charge in [0.1, 0.15) is 0 Å². The summed E-state index contributed by atoms with van der Waals surface area (Å²) >= 11 is 0. The summed E-state index contributed by atoms with van der Waals surface area (Å²) in [4.78, 5) is 0. The Morgan fingerprint density at radius 1 is 0.667 bits per heavy atom. The Balaban J connectivity index is -0.0000000739. The molecule has 0 aliphatic heterocycles. The Hall–Kier alpha value is -0.280. The van der Waals surface area contributed by atoms with Crippen LogP contribution in [-0.2, 0) is 4.74 Å². The fourth-order valence-electron chi connectivity index (χ4n) is 0. The molecule has 0 aromatic carbocycles. The second-order valence-corrected chi connectivity index (χ2v) is 3.50. The zero-order chi connectivity index (χ0) is 15.6. The molecule has 7 heteroatoms. The first-order chi connectivity index (χ1) is 8.22. The number of hydrogen-bond acceptors (Lipinski definition) is 7. The van der Waals surface area contributed by atoms with Crippen LogP contribution < -0.4 is 0 Å². The summed E-state index contributed by atoms with van der Waals surface area (Å²) in [5.41, 5.74) is 0. The van der Waals surface area contributed by atoms with Gasteiger partial charge in [0.15, 0.2) is 0 Å². The summed E-state index contributed by atoms with van der Waals surface area (Å²) in [7, 11) is 3.25. The second-order valence-electron chi connectivity index (χ2n) is 3.50. The van der Waals surface area contributed by atoms with Gasteiger partial charge in [-0.15, -0.1) is 0 Å². The monoisotopic (exact) mass is 274 g/mol. The number of hydrogen-bond donors (Lipinski definition) is 6. The number of ether oxygens (including phenoxy) is 1. The maximum Gasteiger partial charge on any atom is 0.0742 e. The highest BCUT2D eigenvalue weighted by Crippen LogP contribution is 1.69. The summed E-state index contributed by atoms with van der Waals surface area (Å²) in [5.74, 6) is 0. The van der Waals surface area contributed by atoms with E-state index < -0.39 is 18.3 Å². The number of rotatable bonds is 3. The van der Waals surface area contributed by atoms with Crippen LogP contribution in [0.15, 0.2) is 0 Å². The van der Waals surface area contributed by atoms with Crippen molar-refractivity contribution in [3.05, 3.63) is 0 Å².